The van der Waals surface area contributed by atoms with Crippen LogP contribution in [0.4, 0.5) is 0 Å². The number of hydrogen-bond donors (Lipinski definition) is 2. The van der Waals surface area contributed by atoms with Crippen LogP contribution in [0.2, 0.25) is 0 Å². The average Bonchev–Trinajstić information content (AvgIpc) is 3.13. The molecule has 0 saturated heterocycles. The van der Waals surface area contributed by atoms with Crippen molar-refractivity contribution in [3.8, 4) is 28.1 Å². The van der Waals surface area contributed by atoms with E-state index in [0.717, 1.165) is 20.0 Å². The first-order chi connectivity index (χ1) is 10.2. The highest BCUT2D eigenvalue weighted by Crippen LogP contribution is 2.33. The van der Waals surface area contributed by atoms with Gasteiger partial charge in [-0.3, -0.25) is 5.10 Å². The molecule has 0 fully saturated rings. The molecule has 6 nitrogen and oxygen atoms in total. The second-order valence-corrected chi connectivity index (χ2v) is 6.66. The number of nitrogens with one attached hydrogen (secondary N) is 1. The first-order valence-corrected chi connectivity index (χ1v) is 7.66. The van der Waals surface area contributed by atoms with Gasteiger partial charge in [-0.1, -0.05) is 17.4 Å². The van der Waals surface area contributed by atoms with Crippen molar-refractivity contribution >= 4 is 32.2 Å². The van der Waals surface area contributed by atoms with E-state index < -0.39 is 0 Å². The monoisotopic (exact) mass is 361 g/mol. The Balaban J connectivity index is 1.79. The number of hydrogen-bond acceptors (Lipinski definition) is 5. The lowest BCUT2D eigenvalue weighted by molar-refractivity contribution is 0.477. The van der Waals surface area contributed by atoms with E-state index in [1.165, 1.54) is 11.3 Å². The quantitative estimate of drug-likeness (QED) is 0.573. The molecule has 8 heteroatoms. The molecule has 104 valence electrons. The van der Waals surface area contributed by atoms with Gasteiger partial charge in [0, 0.05) is 17.3 Å². The zero-order valence-corrected chi connectivity index (χ0v) is 12.9. The molecule has 0 radical (unpaired) electrons. The third-order valence-corrected chi connectivity index (χ3v) is 4.48. The maximum absolute atomic E-state index is 10.3. The SMILES string of the molecule is Oc1cc(-c2cn[nH]c2)ccc1-c1cn2nc(Br)sc2n1. The van der Waals surface area contributed by atoms with Crippen LogP contribution in [0, 0.1) is 0 Å². The Bertz CT molecular complexity index is 896. The molecule has 0 spiro atoms. The zero-order chi connectivity index (χ0) is 14.4. The first-order valence-electron chi connectivity index (χ1n) is 6.05. The van der Waals surface area contributed by atoms with Gasteiger partial charge in [-0.15, -0.1) is 5.10 Å². The zero-order valence-electron chi connectivity index (χ0n) is 10.5. The van der Waals surface area contributed by atoms with Gasteiger partial charge in [-0.2, -0.15) is 5.10 Å². The number of H-pyrrole nitrogens is 1. The lowest BCUT2D eigenvalue weighted by Gasteiger charge is -2.03. The van der Waals surface area contributed by atoms with E-state index in [4.69, 9.17) is 0 Å². The fourth-order valence-electron chi connectivity index (χ4n) is 2.14. The Morgan fingerprint density at radius 3 is 2.90 bits per heavy atom. The highest BCUT2D eigenvalue weighted by molar-refractivity contribution is 9.11. The minimum atomic E-state index is 0.179. The first kappa shape index (κ1) is 12.5. The van der Waals surface area contributed by atoms with Crippen molar-refractivity contribution in [3.63, 3.8) is 0 Å². The maximum atomic E-state index is 10.3. The van der Waals surface area contributed by atoms with Crippen molar-refractivity contribution in [3.05, 3.63) is 40.7 Å². The molecule has 21 heavy (non-hydrogen) atoms. The number of phenols is 1. The fourth-order valence-corrected chi connectivity index (χ4v) is 3.36. The van der Waals surface area contributed by atoms with E-state index in [-0.39, 0.29) is 5.75 Å². The molecule has 1 aromatic carbocycles. The average molecular weight is 362 g/mol. The van der Waals surface area contributed by atoms with Crippen LogP contribution in [-0.4, -0.2) is 29.9 Å². The van der Waals surface area contributed by atoms with Crippen molar-refractivity contribution in [2.45, 2.75) is 0 Å². The van der Waals surface area contributed by atoms with Gasteiger partial charge in [0.15, 0.2) is 3.92 Å². The summed E-state index contributed by atoms with van der Waals surface area (Å²) in [5, 5.41) is 21.2. The highest BCUT2D eigenvalue weighted by Gasteiger charge is 2.12. The Kier molecular flexibility index (Phi) is 2.79. The summed E-state index contributed by atoms with van der Waals surface area (Å²) in [5.41, 5.74) is 3.19. The largest absolute Gasteiger partial charge is 0.507 e. The van der Waals surface area contributed by atoms with E-state index in [1.807, 2.05) is 12.1 Å². The number of halogens is 1. The van der Waals surface area contributed by atoms with Gasteiger partial charge in [-0.25, -0.2) is 9.50 Å². The van der Waals surface area contributed by atoms with Gasteiger partial charge < -0.3 is 5.11 Å². The van der Waals surface area contributed by atoms with Crippen molar-refractivity contribution in [1.82, 2.24) is 24.8 Å². The molecular formula is C13H8BrN5OS. The molecule has 0 aliphatic carbocycles. The molecule has 2 N–H and O–H groups in total. The molecule has 0 unspecified atom stereocenters. The van der Waals surface area contributed by atoms with Gasteiger partial charge in [0.2, 0.25) is 4.96 Å². The standard InChI is InChI=1S/C13H8BrN5OS/c14-12-18-19-6-10(17-13(19)21-12)9-2-1-7(3-11(9)20)8-4-15-16-5-8/h1-6,20H,(H,15,16). The van der Waals surface area contributed by atoms with Crippen LogP contribution in [0.5, 0.6) is 5.75 Å². The van der Waals surface area contributed by atoms with Gasteiger partial charge in [-0.05, 0) is 33.6 Å². The molecule has 0 aliphatic rings. The third kappa shape index (κ3) is 2.12. The minimum absolute atomic E-state index is 0.179. The Labute approximate surface area is 131 Å². The number of fused-ring (bicyclic) bond motifs is 1. The number of aromatic nitrogens is 5. The maximum Gasteiger partial charge on any atom is 0.213 e. The Hall–Kier alpha value is -2.19. The number of benzene rings is 1. The predicted octanol–water partition coefficient (Wildman–Crippen LogP) is 3.32. The smallest absolute Gasteiger partial charge is 0.213 e. The van der Waals surface area contributed by atoms with Crippen LogP contribution >= 0.6 is 27.3 Å². The van der Waals surface area contributed by atoms with Crippen molar-refractivity contribution in [2.75, 3.05) is 0 Å². The number of aromatic amines is 1. The molecular weight excluding hydrogens is 354 g/mol. The number of rotatable bonds is 2. The second kappa shape index (κ2) is 4.68. The second-order valence-electron chi connectivity index (χ2n) is 4.43. The summed E-state index contributed by atoms with van der Waals surface area (Å²) < 4.78 is 2.46. The number of aromatic hydroxyl groups is 1. The summed E-state index contributed by atoms with van der Waals surface area (Å²) in [6.07, 6.45) is 5.29. The van der Waals surface area contributed by atoms with Crippen LogP contribution in [0.25, 0.3) is 27.3 Å². The molecule has 3 aromatic heterocycles. The fraction of sp³-hybridized carbons (Fsp3) is 0. The molecule has 3 heterocycles. The minimum Gasteiger partial charge on any atom is -0.507 e. The van der Waals surface area contributed by atoms with Crippen molar-refractivity contribution in [2.24, 2.45) is 0 Å². The van der Waals surface area contributed by atoms with Gasteiger partial charge in [0.05, 0.1) is 18.1 Å². The van der Waals surface area contributed by atoms with Crippen LogP contribution in [0.1, 0.15) is 0 Å². The van der Waals surface area contributed by atoms with Crippen LogP contribution in [0.3, 0.4) is 0 Å². The van der Waals surface area contributed by atoms with Gasteiger partial charge in [0.25, 0.3) is 0 Å². The van der Waals surface area contributed by atoms with E-state index in [2.05, 4.69) is 36.2 Å². The summed E-state index contributed by atoms with van der Waals surface area (Å²) in [5.74, 6) is 0.179. The molecule has 0 saturated carbocycles. The lowest BCUT2D eigenvalue weighted by atomic mass is 10.0. The summed E-state index contributed by atoms with van der Waals surface area (Å²) in [6.45, 7) is 0. The third-order valence-electron chi connectivity index (χ3n) is 3.12. The molecule has 4 rings (SSSR count). The number of imidazole rings is 1. The molecule has 0 bridgehead atoms. The Morgan fingerprint density at radius 1 is 1.29 bits per heavy atom. The molecule has 0 amide bonds. The summed E-state index contributed by atoms with van der Waals surface area (Å²) in [6, 6.07) is 5.48. The number of nitrogens with zero attached hydrogens (tertiary/aromatic N) is 4. The van der Waals surface area contributed by atoms with Gasteiger partial charge >= 0.3 is 0 Å². The summed E-state index contributed by atoms with van der Waals surface area (Å²) >= 11 is 4.76. The lowest BCUT2D eigenvalue weighted by Crippen LogP contribution is -1.82. The van der Waals surface area contributed by atoms with Crippen LogP contribution in [0.15, 0.2) is 40.7 Å². The van der Waals surface area contributed by atoms with E-state index >= 15 is 0 Å². The molecule has 0 atom stereocenters. The van der Waals surface area contributed by atoms with E-state index in [0.29, 0.717) is 11.3 Å². The molecule has 0 aliphatic heterocycles. The number of phenolic OH excluding ortho intramolecular Hbond substituents is 1. The van der Waals surface area contributed by atoms with Crippen LogP contribution in [-0.2, 0) is 0 Å². The summed E-state index contributed by atoms with van der Waals surface area (Å²) in [7, 11) is 0. The predicted molar refractivity (Wildman–Crippen MR) is 83.2 cm³/mol. The normalized spacial score (nSPS) is 11.3. The van der Waals surface area contributed by atoms with Gasteiger partial charge in [0.1, 0.15) is 5.75 Å². The van der Waals surface area contributed by atoms with Crippen LogP contribution < -0.4 is 0 Å². The topological polar surface area (TPSA) is 79.1 Å². The van der Waals surface area contributed by atoms with E-state index in [9.17, 15) is 5.11 Å². The summed E-state index contributed by atoms with van der Waals surface area (Å²) in [4.78, 5) is 5.24. The molecule has 4 aromatic rings. The highest BCUT2D eigenvalue weighted by atomic mass is 79.9. The Morgan fingerprint density at radius 2 is 2.19 bits per heavy atom. The van der Waals surface area contributed by atoms with E-state index in [1.54, 1.807) is 29.2 Å². The van der Waals surface area contributed by atoms with Crippen molar-refractivity contribution < 1.29 is 5.11 Å². The van der Waals surface area contributed by atoms with Crippen molar-refractivity contribution in [1.29, 1.82) is 0 Å².